The predicted molar refractivity (Wildman–Crippen MR) is 79.5 cm³/mol. The number of fused-ring (bicyclic) bond motifs is 1. The van der Waals surface area contributed by atoms with Crippen molar-refractivity contribution in [2.45, 2.75) is 32.4 Å². The summed E-state index contributed by atoms with van der Waals surface area (Å²) in [5.74, 6) is -0.132. The molecule has 0 amide bonds. The fraction of sp³-hybridized carbons (Fsp3) is 0.357. The van der Waals surface area contributed by atoms with E-state index in [1.54, 1.807) is 10.6 Å². The molecule has 0 fully saturated rings. The van der Waals surface area contributed by atoms with Gasteiger partial charge in [0.25, 0.3) is 0 Å². The molecule has 0 aliphatic carbocycles. The molecule has 2 aromatic heterocycles. The van der Waals surface area contributed by atoms with Crippen LogP contribution in [0, 0.1) is 0 Å². The fourth-order valence-electron chi connectivity index (χ4n) is 2.48. The summed E-state index contributed by atoms with van der Waals surface area (Å²) in [6.07, 6.45) is 5.59. The number of rotatable bonds is 4. The first-order valence-corrected chi connectivity index (χ1v) is 7.67. The molecule has 1 aliphatic rings. The van der Waals surface area contributed by atoms with Crippen LogP contribution in [-0.2, 0) is 24.3 Å². The van der Waals surface area contributed by atoms with Gasteiger partial charge < -0.3 is 5.11 Å². The summed E-state index contributed by atoms with van der Waals surface area (Å²) in [7, 11) is 0. The van der Waals surface area contributed by atoms with Crippen LogP contribution >= 0.6 is 11.3 Å². The molecule has 6 nitrogen and oxygen atoms in total. The number of aliphatic carboxylic acids is 1. The molecule has 21 heavy (non-hydrogen) atoms. The molecule has 0 saturated carbocycles. The Labute approximate surface area is 125 Å². The molecule has 0 saturated heterocycles. The number of carboxylic acid groups (broad SMARTS) is 1. The minimum atomic E-state index is -0.984. The van der Waals surface area contributed by atoms with Crippen molar-refractivity contribution in [3.05, 3.63) is 44.3 Å². The minimum absolute atomic E-state index is 0.0775. The largest absolute Gasteiger partial charge is 0.478 e. The van der Waals surface area contributed by atoms with E-state index in [-0.39, 0.29) is 5.69 Å². The summed E-state index contributed by atoms with van der Waals surface area (Å²) in [4.78, 5) is 23.8. The molecule has 7 heteroatoms. The summed E-state index contributed by atoms with van der Waals surface area (Å²) < 4.78 is 3.22. The van der Waals surface area contributed by atoms with E-state index in [1.165, 1.54) is 16.0 Å². The molecule has 0 aromatic carbocycles. The molecule has 3 heterocycles. The Kier molecular flexibility index (Phi) is 3.74. The van der Waals surface area contributed by atoms with E-state index in [4.69, 9.17) is 5.11 Å². The van der Waals surface area contributed by atoms with Crippen molar-refractivity contribution in [2.24, 2.45) is 0 Å². The standard InChI is InChI=1S/C14H15N3O3S/c18-13(19)5-4-10-6-8-21-11(10)9-17-14(20)16-7-2-1-3-12(16)15-17/h4-6,8H,1-3,7,9H2,(H,18,19). The monoisotopic (exact) mass is 305 g/mol. The summed E-state index contributed by atoms with van der Waals surface area (Å²) in [5, 5.41) is 15.0. The van der Waals surface area contributed by atoms with Crippen LogP contribution in [0.5, 0.6) is 0 Å². The highest BCUT2D eigenvalue weighted by atomic mass is 32.1. The van der Waals surface area contributed by atoms with Gasteiger partial charge in [-0.2, -0.15) is 5.10 Å². The molecule has 0 atom stereocenters. The highest BCUT2D eigenvalue weighted by molar-refractivity contribution is 7.10. The van der Waals surface area contributed by atoms with E-state index < -0.39 is 5.97 Å². The van der Waals surface area contributed by atoms with Crippen molar-refractivity contribution < 1.29 is 9.90 Å². The third-order valence-corrected chi connectivity index (χ3v) is 4.43. The molecule has 1 aliphatic heterocycles. The average Bonchev–Trinajstić information content (AvgIpc) is 3.03. The van der Waals surface area contributed by atoms with Crippen molar-refractivity contribution in [1.29, 1.82) is 0 Å². The maximum Gasteiger partial charge on any atom is 0.346 e. The molecule has 0 spiro atoms. The van der Waals surface area contributed by atoms with Gasteiger partial charge in [0.2, 0.25) is 0 Å². The number of hydrogen-bond acceptors (Lipinski definition) is 4. The van der Waals surface area contributed by atoms with E-state index in [0.717, 1.165) is 48.1 Å². The van der Waals surface area contributed by atoms with Crippen molar-refractivity contribution in [3.8, 4) is 0 Å². The normalized spacial score (nSPS) is 14.5. The van der Waals surface area contributed by atoms with E-state index in [2.05, 4.69) is 5.10 Å². The zero-order chi connectivity index (χ0) is 14.8. The summed E-state index contributed by atoms with van der Waals surface area (Å²) in [5.41, 5.74) is 0.742. The van der Waals surface area contributed by atoms with E-state index in [9.17, 15) is 9.59 Å². The van der Waals surface area contributed by atoms with Crippen LogP contribution in [0.4, 0.5) is 0 Å². The maximum atomic E-state index is 12.3. The third-order valence-electron chi connectivity index (χ3n) is 3.51. The third kappa shape index (κ3) is 2.82. The number of aryl methyl sites for hydroxylation is 1. The van der Waals surface area contributed by atoms with Crippen molar-refractivity contribution >= 4 is 23.4 Å². The van der Waals surface area contributed by atoms with Gasteiger partial charge >= 0.3 is 11.7 Å². The molecule has 110 valence electrons. The lowest BCUT2D eigenvalue weighted by atomic mass is 10.2. The number of carboxylic acids is 1. The van der Waals surface area contributed by atoms with Crippen LogP contribution in [-0.4, -0.2) is 25.4 Å². The first-order chi connectivity index (χ1) is 10.1. The Hall–Kier alpha value is -2.15. The number of hydrogen-bond donors (Lipinski definition) is 1. The van der Waals surface area contributed by atoms with Crippen LogP contribution in [0.2, 0.25) is 0 Å². The Balaban J connectivity index is 1.88. The van der Waals surface area contributed by atoms with Crippen LogP contribution in [0.25, 0.3) is 6.08 Å². The topological polar surface area (TPSA) is 77.1 Å². The van der Waals surface area contributed by atoms with Gasteiger partial charge in [-0.25, -0.2) is 14.3 Å². The van der Waals surface area contributed by atoms with Gasteiger partial charge in [-0.1, -0.05) is 0 Å². The Morgan fingerprint density at radius 2 is 2.33 bits per heavy atom. The predicted octanol–water partition coefficient (Wildman–Crippen LogP) is 1.59. The Bertz CT molecular complexity index is 754. The molecular formula is C14H15N3O3S. The highest BCUT2D eigenvalue weighted by Crippen LogP contribution is 2.19. The second-order valence-corrected chi connectivity index (χ2v) is 5.94. The smallest absolute Gasteiger partial charge is 0.346 e. The molecular weight excluding hydrogens is 290 g/mol. The van der Waals surface area contributed by atoms with Crippen molar-refractivity contribution in [1.82, 2.24) is 14.3 Å². The lowest BCUT2D eigenvalue weighted by Gasteiger charge is -2.09. The first-order valence-electron chi connectivity index (χ1n) is 6.79. The van der Waals surface area contributed by atoms with Gasteiger partial charge in [0.05, 0.1) is 6.54 Å². The van der Waals surface area contributed by atoms with E-state index in [1.807, 2.05) is 11.4 Å². The first kappa shape index (κ1) is 13.8. The average molecular weight is 305 g/mol. The molecule has 0 unspecified atom stereocenters. The summed E-state index contributed by atoms with van der Waals surface area (Å²) in [6, 6.07) is 1.85. The lowest BCUT2D eigenvalue weighted by Crippen LogP contribution is -2.27. The van der Waals surface area contributed by atoms with Crippen LogP contribution in [0.1, 0.15) is 29.1 Å². The van der Waals surface area contributed by atoms with Gasteiger partial charge in [0, 0.05) is 23.9 Å². The van der Waals surface area contributed by atoms with Gasteiger partial charge in [-0.05, 0) is 35.9 Å². The second kappa shape index (κ2) is 5.69. The number of carbonyl (C=O) groups is 1. The van der Waals surface area contributed by atoms with E-state index >= 15 is 0 Å². The quantitative estimate of drug-likeness (QED) is 0.870. The van der Waals surface area contributed by atoms with Crippen LogP contribution in [0.3, 0.4) is 0 Å². The Morgan fingerprint density at radius 1 is 1.48 bits per heavy atom. The molecule has 3 rings (SSSR count). The number of nitrogens with zero attached hydrogens (tertiary/aromatic N) is 3. The summed E-state index contributed by atoms with van der Waals surface area (Å²) >= 11 is 1.50. The summed E-state index contributed by atoms with van der Waals surface area (Å²) in [6.45, 7) is 1.13. The van der Waals surface area contributed by atoms with E-state index in [0.29, 0.717) is 6.54 Å². The fourth-order valence-corrected chi connectivity index (χ4v) is 3.32. The molecule has 1 N–H and O–H groups in total. The zero-order valence-corrected chi connectivity index (χ0v) is 12.2. The Morgan fingerprint density at radius 3 is 3.10 bits per heavy atom. The van der Waals surface area contributed by atoms with Gasteiger partial charge in [-0.3, -0.25) is 4.57 Å². The maximum absolute atomic E-state index is 12.3. The van der Waals surface area contributed by atoms with Gasteiger partial charge in [0.1, 0.15) is 5.82 Å². The van der Waals surface area contributed by atoms with Crippen molar-refractivity contribution in [3.63, 3.8) is 0 Å². The van der Waals surface area contributed by atoms with Crippen LogP contribution in [0.15, 0.2) is 22.3 Å². The minimum Gasteiger partial charge on any atom is -0.478 e. The van der Waals surface area contributed by atoms with Gasteiger partial charge in [0.15, 0.2) is 0 Å². The zero-order valence-electron chi connectivity index (χ0n) is 11.4. The van der Waals surface area contributed by atoms with Gasteiger partial charge in [-0.15, -0.1) is 11.3 Å². The molecule has 0 bridgehead atoms. The second-order valence-electron chi connectivity index (χ2n) is 4.94. The SMILES string of the molecule is O=C(O)C=Cc1ccsc1Cn1nc2n(c1=O)CCCC2. The lowest BCUT2D eigenvalue weighted by molar-refractivity contribution is -0.131. The molecule has 2 aromatic rings. The number of aromatic nitrogens is 3. The molecule has 0 radical (unpaired) electrons. The van der Waals surface area contributed by atoms with Crippen molar-refractivity contribution in [2.75, 3.05) is 0 Å². The van der Waals surface area contributed by atoms with Crippen LogP contribution < -0.4 is 5.69 Å². The number of thiophene rings is 1. The highest BCUT2D eigenvalue weighted by Gasteiger charge is 2.17.